The van der Waals surface area contributed by atoms with Crippen molar-refractivity contribution in [3.05, 3.63) is 65.7 Å². The molecule has 1 fully saturated rings. The van der Waals surface area contributed by atoms with Gasteiger partial charge in [0.15, 0.2) is 0 Å². The van der Waals surface area contributed by atoms with E-state index in [9.17, 15) is 9.59 Å². The topological polar surface area (TPSA) is 79.3 Å². The summed E-state index contributed by atoms with van der Waals surface area (Å²) in [4.78, 5) is 27.6. The first-order chi connectivity index (χ1) is 17.0. The van der Waals surface area contributed by atoms with Crippen molar-refractivity contribution < 1.29 is 9.59 Å². The van der Waals surface area contributed by atoms with Crippen LogP contribution < -0.4 is 10.6 Å². The molecule has 184 valence electrons. The zero-order valence-corrected chi connectivity index (χ0v) is 20.8. The zero-order valence-electron chi connectivity index (χ0n) is 20.0. The number of carbonyl (C=O) groups excluding carboxylic acids is 2. The number of halogens is 1. The Hall–Kier alpha value is -3.32. The van der Waals surface area contributed by atoms with Crippen molar-refractivity contribution in [2.45, 2.75) is 51.5 Å². The predicted molar refractivity (Wildman–Crippen MR) is 140 cm³/mol. The summed E-state index contributed by atoms with van der Waals surface area (Å²) in [5, 5.41) is 11.4. The van der Waals surface area contributed by atoms with E-state index in [-0.39, 0.29) is 24.5 Å². The summed E-state index contributed by atoms with van der Waals surface area (Å²) in [7, 11) is 0. The Bertz CT molecular complexity index is 1120. The summed E-state index contributed by atoms with van der Waals surface area (Å²) in [5.74, 6) is 0.257. The molecule has 0 bridgehead atoms. The third-order valence-electron chi connectivity index (χ3n) is 6.17. The van der Waals surface area contributed by atoms with Gasteiger partial charge in [-0.2, -0.15) is 5.10 Å². The van der Waals surface area contributed by atoms with E-state index in [0.717, 1.165) is 49.0 Å². The SMILES string of the molecule is CCCN(CC(=O)Nc1cc(-c2ccccc2)nn1-c1ccc(Cl)cc1)C(=O)NC1CCCCC1. The van der Waals surface area contributed by atoms with Gasteiger partial charge in [-0.15, -0.1) is 0 Å². The van der Waals surface area contributed by atoms with Gasteiger partial charge in [-0.25, -0.2) is 9.48 Å². The fourth-order valence-corrected chi connectivity index (χ4v) is 4.52. The lowest BCUT2D eigenvalue weighted by atomic mass is 9.96. The van der Waals surface area contributed by atoms with Crippen LogP contribution in [0.1, 0.15) is 45.4 Å². The molecule has 0 aliphatic heterocycles. The van der Waals surface area contributed by atoms with Crippen LogP contribution in [-0.4, -0.2) is 45.8 Å². The highest BCUT2D eigenvalue weighted by molar-refractivity contribution is 6.30. The van der Waals surface area contributed by atoms with Crippen LogP contribution in [0.4, 0.5) is 10.6 Å². The molecule has 1 heterocycles. The quantitative estimate of drug-likeness (QED) is 0.411. The summed E-state index contributed by atoms with van der Waals surface area (Å²) in [5.41, 5.74) is 2.44. The first-order valence-corrected chi connectivity index (χ1v) is 12.7. The number of aromatic nitrogens is 2. The number of urea groups is 1. The Balaban J connectivity index is 1.52. The van der Waals surface area contributed by atoms with Gasteiger partial charge in [0, 0.05) is 29.2 Å². The van der Waals surface area contributed by atoms with Crippen molar-refractivity contribution in [3.8, 4) is 16.9 Å². The zero-order chi connectivity index (χ0) is 24.6. The largest absolute Gasteiger partial charge is 0.335 e. The monoisotopic (exact) mass is 493 g/mol. The van der Waals surface area contributed by atoms with Crippen LogP contribution in [0, 0.1) is 0 Å². The first-order valence-electron chi connectivity index (χ1n) is 12.3. The summed E-state index contributed by atoms with van der Waals surface area (Å²) in [6.45, 7) is 2.48. The van der Waals surface area contributed by atoms with Crippen LogP contribution >= 0.6 is 11.6 Å². The molecule has 4 rings (SSSR count). The molecule has 2 aromatic carbocycles. The minimum atomic E-state index is -0.271. The van der Waals surface area contributed by atoms with Gasteiger partial charge >= 0.3 is 6.03 Å². The first kappa shape index (κ1) is 24.8. The molecule has 35 heavy (non-hydrogen) atoms. The molecule has 0 atom stereocenters. The normalized spacial score (nSPS) is 13.9. The van der Waals surface area contributed by atoms with E-state index < -0.39 is 0 Å². The minimum absolute atomic E-state index is 0.0289. The van der Waals surface area contributed by atoms with E-state index in [1.807, 2.05) is 55.5 Å². The van der Waals surface area contributed by atoms with Gasteiger partial charge < -0.3 is 15.5 Å². The average Bonchev–Trinajstić information content (AvgIpc) is 3.29. The third-order valence-corrected chi connectivity index (χ3v) is 6.42. The number of anilines is 1. The molecule has 3 amide bonds. The molecule has 1 saturated carbocycles. The average molecular weight is 494 g/mol. The highest BCUT2D eigenvalue weighted by atomic mass is 35.5. The van der Waals surface area contributed by atoms with Crippen LogP contribution in [0.15, 0.2) is 60.7 Å². The van der Waals surface area contributed by atoms with Gasteiger partial charge in [0.2, 0.25) is 5.91 Å². The highest BCUT2D eigenvalue weighted by Gasteiger charge is 2.22. The van der Waals surface area contributed by atoms with Crippen LogP contribution in [0.5, 0.6) is 0 Å². The molecule has 1 aliphatic rings. The number of amides is 3. The summed E-state index contributed by atoms with van der Waals surface area (Å²) in [6.07, 6.45) is 6.27. The van der Waals surface area contributed by atoms with E-state index in [4.69, 9.17) is 16.7 Å². The Morgan fingerprint density at radius 1 is 1.06 bits per heavy atom. The molecule has 0 unspecified atom stereocenters. The fraction of sp³-hybridized carbons (Fsp3) is 0.370. The van der Waals surface area contributed by atoms with Crippen molar-refractivity contribution in [2.24, 2.45) is 0 Å². The third kappa shape index (κ3) is 6.63. The second-order valence-electron chi connectivity index (χ2n) is 8.92. The molecule has 2 N–H and O–H groups in total. The molecule has 7 nitrogen and oxygen atoms in total. The summed E-state index contributed by atoms with van der Waals surface area (Å²) >= 11 is 6.07. The maximum absolute atomic E-state index is 13.1. The van der Waals surface area contributed by atoms with Gasteiger partial charge in [0.05, 0.1) is 11.4 Å². The Morgan fingerprint density at radius 2 is 1.77 bits per heavy atom. The lowest BCUT2D eigenvalue weighted by Crippen LogP contribution is -2.48. The molecular weight excluding hydrogens is 462 g/mol. The second kappa shape index (κ2) is 11.9. The maximum Gasteiger partial charge on any atom is 0.318 e. The number of nitrogens with zero attached hydrogens (tertiary/aromatic N) is 3. The molecular formula is C27H32ClN5O2. The summed E-state index contributed by atoms with van der Waals surface area (Å²) in [6, 6.07) is 18.9. The van der Waals surface area contributed by atoms with Crippen LogP contribution in [0.2, 0.25) is 5.02 Å². The molecule has 1 aliphatic carbocycles. The Labute approximate surface area is 211 Å². The second-order valence-corrected chi connectivity index (χ2v) is 9.36. The van der Waals surface area contributed by atoms with Gasteiger partial charge in [-0.3, -0.25) is 4.79 Å². The maximum atomic E-state index is 13.1. The fourth-order valence-electron chi connectivity index (χ4n) is 4.39. The van der Waals surface area contributed by atoms with Gasteiger partial charge in [-0.1, -0.05) is 68.1 Å². The Morgan fingerprint density at radius 3 is 2.46 bits per heavy atom. The van der Waals surface area contributed by atoms with E-state index in [1.165, 1.54) is 6.42 Å². The summed E-state index contributed by atoms with van der Waals surface area (Å²) < 4.78 is 1.68. The van der Waals surface area contributed by atoms with Gasteiger partial charge in [0.1, 0.15) is 12.4 Å². The predicted octanol–water partition coefficient (Wildman–Crippen LogP) is 5.89. The van der Waals surface area contributed by atoms with Crippen LogP contribution in [-0.2, 0) is 4.79 Å². The lowest BCUT2D eigenvalue weighted by molar-refractivity contribution is -0.116. The van der Waals surface area contributed by atoms with Crippen molar-refractivity contribution in [2.75, 3.05) is 18.4 Å². The van der Waals surface area contributed by atoms with Crippen molar-refractivity contribution in [1.82, 2.24) is 20.0 Å². The highest BCUT2D eigenvalue weighted by Crippen LogP contribution is 2.25. The van der Waals surface area contributed by atoms with Crippen molar-refractivity contribution in [1.29, 1.82) is 0 Å². The molecule has 0 radical (unpaired) electrons. The number of rotatable bonds is 8. The number of nitrogens with one attached hydrogen (secondary N) is 2. The van der Waals surface area contributed by atoms with Crippen molar-refractivity contribution >= 4 is 29.4 Å². The Kier molecular flexibility index (Phi) is 8.42. The smallest absolute Gasteiger partial charge is 0.318 e. The van der Waals surface area contributed by atoms with E-state index >= 15 is 0 Å². The molecule has 8 heteroatoms. The van der Waals surface area contributed by atoms with Gasteiger partial charge in [-0.05, 0) is 43.5 Å². The molecule has 1 aromatic heterocycles. The number of benzene rings is 2. The standard InChI is InChI=1S/C27H32ClN5O2/c1-2-17-32(27(35)29-22-11-7-4-8-12-22)19-26(34)30-25-18-24(20-9-5-3-6-10-20)31-33(25)23-15-13-21(28)14-16-23/h3,5-6,9-10,13-16,18,22H,2,4,7-8,11-12,17,19H2,1H3,(H,29,35)(H,30,34). The number of carbonyl (C=O) groups is 2. The minimum Gasteiger partial charge on any atom is -0.335 e. The van der Waals surface area contributed by atoms with Gasteiger partial charge in [0.25, 0.3) is 0 Å². The number of hydrogen-bond donors (Lipinski definition) is 2. The molecule has 0 saturated heterocycles. The van der Waals surface area contributed by atoms with E-state index in [2.05, 4.69) is 10.6 Å². The van der Waals surface area contributed by atoms with E-state index in [1.54, 1.807) is 21.7 Å². The van der Waals surface area contributed by atoms with E-state index in [0.29, 0.717) is 17.4 Å². The number of hydrogen-bond acceptors (Lipinski definition) is 3. The van der Waals surface area contributed by atoms with Crippen LogP contribution in [0.3, 0.4) is 0 Å². The molecule has 3 aromatic rings. The van der Waals surface area contributed by atoms with Crippen molar-refractivity contribution in [3.63, 3.8) is 0 Å². The van der Waals surface area contributed by atoms with Crippen LogP contribution in [0.25, 0.3) is 16.9 Å². The lowest BCUT2D eigenvalue weighted by Gasteiger charge is -2.28. The molecule has 0 spiro atoms.